The van der Waals surface area contributed by atoms with Crippen LogP contribution in [0.15, 0.2) is 64.4 Å². The van der Waals surface area contributed by atoms with Gasteiger partial charge in [-0.3, -0.25) is 4.98 Å². The molecule has 0 bridgehead atoms. The van der Waals surface area contributed by atoms with Crippen LogP contribution < -0.4 is 0 Å². The molecule has 3 nitrogen and oxygen atoms in total. The molecule has 106 valence electrons. The van der Waals surface area contributed by atoms with Gasteiger partial charge in [0.2, 0.25) is 11.8 Å². The molecule has 0 aliphatic rings. The van der Waals surface area contributed by atoms with Crippen LogP contribution in [0.5, 0.6) is 11.8 Å². The Balaban J connectivity index is 2.09. The summed E-state index contributed by atoms with van der Waals surface area (Å²) in [5, 5.41) is 20.7. The molecule has 2 aromatic carbocycles. The van der Waals surface area contributed by atoms with Gasteiger partial charge in [-0.2, -0.15) is 0 Å². The molecule has 3 rings (SSSR count). The molecule has 21 heavy (non-hydrogen) atoms. The second-order valence-electron chi connectivity index (χ2n) is 4.45. The normalized spacial score (nSPS) is 10.7. The highest BCUT2D eigenvalue weighted by Gasteiger charge is 2.19. The van der Waals surface area contributed by atoms with Gasteiger partial charge in [-0.1, -0.05) is 53.7 Å². The van der Waals surface area contributed by atoms with Crippen LogP contribution in [0.1, 0.15) is 0 Å². The summed E-state index contributed by atoms with van der Waals surface area (Å²) in [5.74, 6) is -0.135. The van der Waals surface area contributed by atoms with Crippen molar-refractivity contribution in [3.05, 3.63) is 59.6 Å². The van der Waals surface area contributed by atoms with Crippen LogP contribution in [-0.4, -0.2) is 15.2 Å². The number of nitrogens with one attached hydrogen (secondary N) is 1. The van der Waals surface area contributed by atoms with E-state index in [-0.39, 0.29) is 11.8 Å². The van der Waals surface area contributed by atoms with Crippen molar-refractivity contribution >= 4 is 23.4 Å². The Morgan fingerprint density at radius 3 is 2.38 bits per heavy atom. The van der Waals surface area contributed by atoms with Gasteiger partial charge in [0.1, 0.15) is 0 Å². The number of aromatic nitrogens is 1. The van der Waals surface area contributed by atoms with Crippen molar-refractivity contribution in [1.29, 1.82) is 0 Å². The molecule has 0 atom stereocenters. The summed E-state index contributed by atoms with van der Waals surface area (Å²) in [6, 6.07) is 16.8. The highest BCUT2D eigenvalue weighted by molar-refractivity contribution is 7.99. The molecule has 3 N–H and O–H groups in total. The van der Waals surface area contributed by atoms with Gasteiger partial charge in [-0.05, 0) is 29.8 Å². The molecule has 1 aromatic heterocycles. The highest BCUT2D eigenvalue weighted by Crippen LogP contribution is 2.46. The van der Waals surface area contributed by atoms with Gasteiger partial charge in [0, 0.05) is 9.92 Å². The lowest BCUT2D eigenvalue weighted by Gasteiger charge is -2.05. The van der Waals surface area contributed by atoms with Crippen LogP contribution >= 0.6 is 23.4 Å². The zero-order valence-corrected chi connectivity index (χ0v) is 12.4. The van der Waals surface area contributed by atoms with Gasteiger partial charge in [0.15, 0.2) is 0 Å². The van der Waals surface area contributed by atoms with E-state index in [1.807, 2.05) is 36.4 Å². The average Bonchev–Trinajstić information content (AvgIpc) is 2.74. The van der Waals surface area contributed by atoms with E-state index in [2.05, 4.69) is 4.98 Å². The summed E-state index contributed by atoms with van der Waals surface area (Å²) in [6.45, 7) is 0. The first-order chi connectivity index (χ1) is 10.1. The molecule has 0 fully saturated rings. The molecule has 1 heterocycles. The van der Waals surface area contributed by atoms with Crippen molar-refractivity contribution < 1.29 is 10.2 Å². The van der Waals surface area contributed by atoms with Crippen LogP contribution in [0.2, 0.25) is 5.02 Å². The third-order valence-corrected chi connectivity index (χ3v) is 4.34. The molecule has 3 aromatic rings. The van der Waals surface area contributed by atoms with Crippen LogP contribution in [0.3, 0.4) is 0 Å². The Morgan fingerprint density at radius 2 is 1.67 bits per heavy atom. The van der Waals surface area contributed by atoms with Gasteiger partial charge in [0.05, 0.1) is 10.5 Å². The summed E-state index contributed by atoms with van der Waals surface area (Å²) in [6.07, 6.45) is 0. The van der Waals surface area contributed by atoms with Crippen molar-refractivity contribution in [3.8, 4) is 22.9 Å². The topological polar surface area (TPSA) is 56.2 Å². The molecule has 0 spiro atoms. The van der Waals surface area contributed by atoms with Crippen LogP contribution in [0.4, 0.5) is 0 Å². The number of rotatable bonds is 3. The maximum Gasteiger partial charge on any atom is 0.206 e. The maximum absolute atomic E-state index is 10.1. The van der Waals surface area contributed by atoms with Crippen LogP contribution in [0.25, 0.3) is 11.1 Å². The monoisotopic (exact) mass is 317 g/mol. The predicted octanol–water partition coefficient (Wildman–Crippen LogP) is 4.90. The first kappa shape index (κ1) is 13.9. The van der Waals surface area contributed by atoms with Crippen molar-refractivity contribution in [2.75, 3.05) is 0 Å². The van der Waals surface area contributed by atoms with E-state index in [1.54, 1.807) is 18.2 Å². The van der Waals surface area contributed by atoms with Crippen molar-refractivity contribution in [3.63, 3.8) is 0 Å². The maximum atomic E-state index is 10.1. The number of hydrogen-bond donors (Lipinski definition) is 3. The minimum absolute atomic E-state index is 0.0590. The van der Waals surface area contributed by atoms with Crippen molar-refractivity contribution in [2.24, 2.45) is 0 Å². The molecule has 0 aliphatic carbocycles. The molecular weight excluding hydrogens is 306 g/mol. The molecule has 0 amide bonds. The largest absolute Gasteiger partial charge is 0.494 e. The van der Waals surface area contributed by atoms with E-state index < -0.39 is 0 Å². The Morgan fingerprint density at radius 1 is 0.905 bits per heavy atom. The number of H-pyrrole nitrogens is 1. The first-order valence-electron chi connectivity index (χ1n) is 6.28. The van der Waals surface area contributed by atoms with Gasteiger partial charge in [0.25, 0.3) is 0 Å². The fourth-order valence-electron chi connectivity index (χ4n) is 2.07. The third-order valence-electron chi connectivity index (χ3n) is 2.99. The number of halogens is 1. The smallest absolute Gasteiger partial charge is 0.206 e. The van der Waals surface area contributed by atoms with Gasteiger partial charge in [-0.15, -0.1) is 0 Å². The number of benzene rings is 2. The van der Waals surface area contributed by atoms with Gasteiger partial charge < -0.3 is 10.2 Å². The highest BCUT2D eigenvalue weighted by atomic mass is 35.5. The SMILES string of the molecule is Oc1[nH]c(O)c(-c2cccc(Cl)c2)c1Sc1ccccc1. The molecule has 5 heteroatoms. The predicted molar refractivity (Wildman–Crippen MR) is 85.1 cm³/mol. The number of aromatic amines is 1. The lowest BCUT2D eigenvalue weighted by molar-refractivity contribution is 0.421. The van der Waals surface area contributed by atoms with Crippen molar-refractivity contribution in [1.82, 2.24) is 4.98 Å². The Kier molecular flexibility index (Phi) is 3.82. The van der Waals surface area contributed by atoms with E-state index in [0.29, 0.717) is 15.5 Å². The second-order valence-corrected chi connectivity index (χ2v) is 5.97. The quantitative estimate of drug-likeness (QED) is 0.644. The van der Waals surface area contributed by atoms with Crippen LogP contribution in [-0.2, 0) is 0 Å². The molecular formula is C16H12ClNO2S. The lowest BCUT2D eigenvalue weighted by Crippen LogP contribution is -1.79. The van der Waals surface area contributed by atoms with Crippen molar-refractivity contribution in [2.45, 2.75) is 9.79 Å². The number of aromatic hydroxyl groups is 2. The van der Waals surface area contributed by atoms with E-state index in [1.165, 1.54) is 11.8 Å². The minimum Gasteiger partial charge on any atom is -0.494 e. The fraction of sp³-hybridized carbons (Fsp3) is 0. The average molecular weight is 318 g/mol. The molecule has 0 aliphatic heterocycles. The molecule has 0 unspecified atom stereocenters. The third kappa shape index (κ3) is 2.86. The Labute approximate surface area is 131 Å². The summed E-state index contributed by atoms with van der Waals surface area (Å²) in [5.41, 5.74) is 1.29. The lowest BCUT2D eigenvalue weighted by atomic mass is 10.1. The summed E-state index contributed by atoms with van der Waals surface area (Å²) in [7, 11) is 0. The summed E-state index contributed by atoms with van der Waals surface area (Å²) in [4.78, 5) is 4.10. The Bertz CT molecular complexity index is 771. The zero-order valence-electron chi connectivity index (χ0n) is 10.9. The zero-order chi connectivity index (χ0) is 14.8. The summed E-state index contributed by atoms with van der Waals surface area (Å²) < 4.78 is 0. The van der Waals surface area contributed by atoms with Crippen LogP contribution in [0, 0.1) is 0 Å². The fourth-order valence-corrected chi connectivity index (χ4v) is 3.26. The van der Waals surface area contributed by atoms with E-state index in [9.17, 15) is 10.2 Å². The van der Waals surface area contributed by atoms with E-state index in [0.717, 1.165) is 10.5 Å². The summed E-state index contributed by atoms with van der Waals surface area (Å²) >= 11 is 7.38. The van der Waals surface area contributed by atoms with E-state index in [4.69, 9.17) is 11.6 Å². The van der Waals surface area contributed by atoms with Gasteiger partial charge in [-0.25, -0.2) is 0 Å². The molecule has 0 saturated heterocycles. The second kappa shape index (κ2) is 5.76. The number of hydrogen-bond acceptors (Lipinski definition) is 3. The molecule has 0 radical (unpaired) electrons. The van der Waals surface area contributed by atoms with E-state index >= 15 is 0 Å². The standard InChI is InChI=1S/C16H12ClNO2S/c17-11-6-4-5-10(9-11)13-14(16(20)18-15(13)19)21-12-7-2-1-3-8-12/h1-9,18-20H. The Hall–Kier alpha value is -2.04. The minimum atomic E-state index is -0.0757. The first-order valence-corrected chi connectivity index (χ1v) is 7.47. The van der Waals surface area contributed by atoms with Gasteiger partial charge >= 0.3 is 0 Å². The molecule has 0 saturated carbocycles.